The molecule has 0 fully saturated rings. The van der Waals surface area contributed by atoms with Gasteiger partial charge < -0.3 is 5.11 Å². The number of pyridine rings is 1. The summed E-state index contributed by atoms with van der Waals surface area (Å²) in [7, 11) is 0. The summed E-state index contributed by atoms with van der Waals surface area (Å²) in [5, 5.41) is 9.86. The summed E-state index contributed by atoms with van der Waals surface area (Å²) >= 11 is 0. The Labute approximate surface area is 91.2 Å². The maximum atomic E-state index is 12.9. The van der Waals surface area contributed by atoms with Gasteiger partial charge in [0.2, 0.25) is 0 Å². The van der Waals surface area contributed by atoms with Crippen LogP contribution < -0.4 is 0 Å². The zero-order valence-electron chi connectivity index (χ0n) is 8.27. The van der Waals surface area contributed by atoms with Crippen molar-refractivity contribution in [1.82, 2.24) is 4.98 Å². The molecule has 0 saturated heterocycles. The van der Waals surface area contributed by atoms with Crippen LogP contribution in [0, 0.1) is 11.6 Å². The number of halogens is 2. The predicted octanol–water partition coefficient (Wildman–Crippen LogP) is 2.44. The average molecular weight is 221 g/mol. The summed E-state index contributed by atoms with van der Waals surface area (Å²) in [4.78, 5) is 3.74. The Bertz CT molecular complexity index is 485. The van der Waals surface area contributed by atoms with Crippen LogP contribution in [0.3, 0.4) is 0 Å². The van der Waals surface area contributed by atoms with Crippen molar-refractivity contribution in [2.24, 2.45) is 0 Å². The van der Waals surface area contributed by atoms with Crippen LogP contribution in [0.4, 0.5) is 8.78 Å². The molecular formula is C12H9F2NO. The van der Waals surface area contributed by atoms with Crippen LogP contribution >= 0.6 is 0 Å². The van der Waals surface area contributed by atoms with Crippen LogP contribution in [0.15, 0.2) is 42.6 Å². The van der Waals surface area contributed by atoms with Crippen LogP contribution in [-0.4, -0.2) is 10.1 Å². The molecule has 1 aromatic carbocycles. The van der Waals surface area contributed by atoms with Crippen molar-refractivity contribution in [2.45, 2.75) is 6.10 Å². The third kappa shape index (κ3) is 2.23. The smallest absolute Gasteiger partial charge is 0.141 e. The molecule has 0 spiro atoms. The fraction of sp³-hybridized carbons (Fsp3) is 0.0833. The molecule has 2 nitrogen and oxygen atoms in total. The first-order valence-electron chi connectivity index (χ1n) is 4.72. The second-order valence-electron chi connectivity index (χ2n) is 3.36. The minimum atomic E-state index is -1.05. The summed E-state index contributed by atoms with van der Waals surface area (Å²) in [6.07, 6.45) is -0.0333. The third-order valence-electron chi connectivity index (χ3n) is 2.19. The minimum absolute atomic E-state index is 0.284. The lowest BCUT2D eigenvalue weighted by atomic mass is 10.1. The van der Waals surface area contributed by atoms with Gasteiger partial charge in [-0.05, 0) is 29.8 Å². The van der Waals surface area contributed by atoms with Gasteiger partial charge in [-0.3, -0.25) is 4.98 Å². The van der Waals surface area contributed by atoms with E-state index < -0.39 is 17.7 Å². The van der Waals surface area contributed by atoms with E-state index in [-0.39, 0.29) is 5.69 Å². The highest BCUT2D eigenvalue weighted by atomic mass is 19.1. The van der Waals surface area contributed by atoms with Gasteiger partial charge in [0, 0.05) is 0 Å². The van der Waals surface area contributed by atoms with Gasteiger partial charge in [0.15, 0.2) is 0 Å². The monoisotopic (exact) mass is 221 g/mol. The number of aliphatic hydroxyl groups excluding tert-OH is 1. The van der Waals surface area contributed by atoms with E-state index in [1.165, 1.54) is 30.3 Å². The second-order valence-corrected chi connectivity index (χ2v) is 3.36. The molecule has 4 heteroatoms. The Morgan fingerprint density at radius 1 is 1.06 bits per heavy atom. The van der Waals surface area contributed by atoms with Crippen molar-refractivity contribution >= 4 is 0 Å². The molecule has 1 aromatic heterocycles. The third-order valence-corrected chi connectivity index (χ3v) is 2.19. The first-order chi connectivity index (χ1) is 7.66. The zero-order valence-corrected chi connectivity index (χ0v) is 8.27. The number of rotatable bonds is 2. The summed E-state index contributed by atoms with van der Waals surface area (Å²) in [6, 6.07) is 8.15. The Morgan fingerprint density at radius 2 is 1.88 bits per heavy atom. The van der Waals surface area contributed by atoms with Crippen LogP contribution in [0.1, 0.15) is 17.4 Å². The molecule has 1 atom stereocenters. The molecule has 0 bridgehead atoms. The number of aliphatic hydroxyl groups is 1. The molecule has 0 aliphatic heterocycles. The Morgan fingerprint density at radius 3 is 2.50 bits per heavy atom. The zero-order chi connectivity index (χ0) is 11.5. The van der Waals surface area contributed by atoms with Crippen LogP contribution in [0.2, 0.25) is 0 Å². The van der Waals surface area contributed by atoms with Crippen molar-refractivity contribution in [3.05, 3.63) is 65.5 Å². The van der Waals surface area contributed by atoms with Crippen molar-refractivity contribution < 1.29 is 13.9 Å². The number of nitrogens with zero attached hydrogens (tertiary/aromatic N) is 1. The van der Waals surface area contributed by atoms with Crippen molar-refractivity contribution in [3.63, 3.8) is 0 Å². The molecule has 0 aliphatic rings. The number of aromatic nitrogens is 1. The molecule has 2 aromatic rings. The van der Waals surface area contributed by atoms with Gasteiger partial charge in [-0.15, -0.1) is 0 Å². The highest BCUT2D eigenvalue weighted by molar-refractivity contribution is 5.26. The number of hydrogen-bond donors (Lipinski definition) is 1. The average Bonchev–Trinajstić information content (AvgIpc) is 2.29. The highest BCUT2D eigenvalue weighted by Crippen LogP contribution is 2.20. The summed E-state index contributed by atoms with van der Waals surface area (Å²) in [6.45, 7) is 0. The SMILES string of the molecule is OC(c1cccc(F)c1)c1ccc(F)cn1. The molecule has 0 aliphatic carbocycles. The lowest BCUT2D eigenvalue weighted by Gasteiger charge is -2.10. The van der Waals surface area contributed by atoms with Crippen molar-refractivity contribution in [1.29, 1.82) is 0 Å². The Kier molecular flexibility index (Phi) is 2.92. The standard InChI is InChI=1S/C12H9F2NO/c13-9-3-1-2-8(6-9)12(16)11-5-4-10(14)7-15-11/h1-7,12,16H. The van der Waals surface area contributed by atoms with Crippen LogP contribution in [0.5, 0.6) is 0 Å². The Balaban J connectivity index is 2.31. The topological polar surface area (TPSA) is 33.1 Å². The molecule has 1 N–H and O–H groups in total. The van der Waals surface area contributed by atoms with Gasteiger partial charge in [0.25, 0.3) is 0 Å². The molecular weight excluding hydrogens is 212 g/mol. The van der Waals surface area contributed by atoms with Crippen molar-refractivity contribution in [3.8, 4) is 0 Å². The van der Waals surface area contributed by atoms with Crippen LogP contribution in [-0.2, 0) is 0 Å². The quantitative estimate of drug-likeness (QED) is 0.844. The predicted molar refractivity (Wildman–Crippen MR) is 54.7 cm³/mol. The maximum absolute atomic E-state index is 12.9. The van der Waals surface area contributed by atoms with Gasteiger partial charge in [-0.1, -0.05) is 12.1 Å². The highest BCUT2D eigenvalue weighted by Gasteiger charge is 2.12. The molecule has 16 heavy (non-hydrogen) atoms. The molecule has 82 valence electrons. The second kappa shape index (κ2) is 4.37. The van der Waals surface area contributed by atoms with Gasteiger partial charge in [-0.2, -0.15) is 0 Å². The van der Waals surface area contributed by atoms with E-state index >= 15 is 0 Å². The fourth-order valence-electron chi connectivity index (χ4n) is 1.40. The molecule has 1 unspecified atom stereocenters. The van der Waals surface area contributed by atoms with E-state index in [4.69, 9.17) is 0 Å². The normalized spacial score (nSPS) is 12.4. The lowest BCUT2D eigenvalue weighted by Crippen LogP contribution is -2.02. The number of benzene rings is 1. The molecule has 2 rings (SSSR count). The van der Waals surface area contributed by atoms with Gasteiger partial charge in [0.1, 0.15) is 17.7 Å². The van der Waals surface area contributed by atoms with Gasteiger partial charge in [0.05, 0.1) is 11.9 Å². The molecule has 0 radical (unpaired) electrons. The first-order valence-corrected chi connectivity index (χ1v) is 4.72. The van der Waals surface area contributed by atoms with Crippen LogP contribution in [0.25, 0.3) is 0 Å². The largest absolute Gasteiger partial charge is 0.382 e. The summed E-state index contributed by atoms with van der Waals surface area (Å²) < 4.78 is 25.5. The maximum Gasteiger partial charge on any atom is 0.141 e. The van der Waals surface area contributed by atoms with E-state index in [1.54, 1.807) is 6.07 Å². The Hall–Kier alpha value is -1.81. The number of hydrogen-bond acceptors (Lipinski definition) is 2. The van der Waals surface area contributed by atoms with Crippen molar-refractivity contribution in [2.75, 3.05) is 0 Å². The molecule has 0 amide bonds. The van der Waals surface area contributed by atoms with E-state index in [0.29, 0.717) is 5.56 Å². The molecule has 0 saturated carbocycles. The van der Waals surface area contributed by atoms with Gasteiger partial charge >= 0.3 is 0 Å². The lowest BCUT2D eigenvalue weighted by molar-refractivity contribution is 0.214. The van der Waals surface area contributed by atoms with E-state index in [0.717, 1.165) is 6.20 Å². The summed E-state index contributed by atoms with van der Waals surface area (Å²) in [5.41, 5.74) is 0.672. The van der Waals surface area contributed by atoms with E-state index in [2.05, 4.69) is 4.98 Å². The van der Waals surface area contributed by atoms with E-state index in [9.17, 15) is 13.9 Å². The molecule has 1 heterocycles. The fourth-order valence-corrected chi connectivity index (χ4v) is 1.40. The summed E-state index contributed by atoms with van der Waals surface area (Å²) in [5.74, 6) is -0.908. The van der Waals surface area contributed by atoms with E-state index in [1.807, 2.05) is 0 Å². The van der Waals surface area contributed by atoms with Gasteiger partial charge in [-0.25, -0.2) is 8.78 Å². The minimum Gasteiger partial charge on any atom is -0.382 e. The first kappa shape index (κ1) is 10.7.